The van der Waals surface area contributed by atoms with Gasteiger partial charge in [-0.25, -0.2) is 49.0 Å². The molecule has 0 saturated carbocycles. The highest BCUT2D eigenvalue weighted by atomic mass is 79.9. The number of H-pyrrole nitrogens is 3. The van der Waals surface area contributed by atoms with Crippen LogP contribution in [0.5, 0.6) is 5.75 Å². The van der Waals surface area contributed by atoms with Gasteiger partial charge in [0.15, 0.2) is 0 Å². The van der Waals surface area contributed by atoms with Gasteiger partial charge in [0.1, 0.15) is 34.9 Å². The molecule has 0 aliphatic heterocycles. The van der Waals surface area contributed by atoms with E-state index >= 15 is 0 Å². The number of nitrogens with zero attached hydrogens (tertiary/aromatic N) is 3. The molecule has 9 aromatic carbocycles. The van der Waals surface area contributed by atoms with Crippen molar-refractivity contribution >= 4 is 144 Å². The molecule has 0 amide bonds. The molecule has 0 radical (unpaired) electrons. The first-order chi connectivity index (χ1) is 43.8. The van der Waals surface area contributed by atoms with Crippen LogP contribution in [0.15, 0.2) is 193 Å². The quantitative estimate of drug-likeness (QED) is 0.0472. The topological polar surface area (TPSA) is 234 Å². The summed E-state index contributed by atoms with van der Waals surface area (Å²) in [5.41, 5.74) is 13.4. The Labute approximate surface area is 540 Å². The molecule has 12 rings (SSSR count). The number of rotatable bonds is 17. The highest BCUT2D eigenvalue weighted by Gasteiger charge is 2.15. The van der Waals surface area contributed by atoms with Crippen LogP contribution in [0.4, 0.5) is 34.6 Å². The van der Waals surface area contributed by atoms with Gasteiger partial charge in [0, 0.05) is 16.7 Å². The second-order valence-electron chi connectivity index (χ2n) is 20.6. The van der Waals surface area contributed by atoms with Crippen LogP contribution < -0.4 is 18.9 Å². The lowest BCUT2D eigenvalue weighted by Crippen LogP contribution is -2.10. The summed E-state index contributed by atoms with van der Waals surface area (Å²) in [7, 11) is -10.2. The number of halogens is 6. The molecule has 0 bridgehead atoms. The maximum atomic E-state index is 13.4. The molecule has 0 aliphatic carbocycles. The number of ether oxygens (including phenoxy) is 1. The first-order valence-corrected chi connectivity index (χ1v) is 34.4. The van der Waals surface area contributed by atoms with Gasteiger partial charge in [0.05, 0.1) is 78.4 Å². The van der Waals surface area contributed by atoms with E-state index in [-0.39, 0.29) is 16.6 Å². The first kappa shape index (κ1) is 65.1. The normalized spacial score (nSPS) is 12.0. The predicted octanol–water partition coefficient (Wildman–Crippen LogP) is 16.6. The van der Waals surface area contributed by atoms with E-state index in [1.807, 2.05) is 103 Å². The molecule has 468 valence electrons. The minimum absolute atomic E-state index is 0.0627. The maximum Gasteiger partial charge on any atom is 0.387 e. The van der Waals surface area contributed by atoms with Crippen molar-refractivity contribution in [1.29, 1.82) is 0 Å². The summed E-state index contributed by atoms with van der Waals surface area (Å²) in [6.45, 7) is -2.86. The Morgan fingerprint density at radius 2 is 0.793 bits per heavy atom. The van der Waals surface area contributed by atoms with Crippen LogP contribution in [-0.2, 0) is 30.1 Å². The Morgan fingerprint density at radius 1 is 0.446 bits per heavy atom. The highest BCUT2D eigenvalue weighted by molar-refractivity contribution is 9.10. The van der Waals surface area contributed by atoms with Gasteiger partial charge in [-0.1, -0.05) is 127 Å². The van der Waals surface area contributed by atoms with Crippen LogP contribution in [0, 0.1) is 11.6 Å². The summed E-state index contributed by atoms with van der Waals surface area (Å²) >= 11 is 8.99. The van der Waals surface area contributed by atoms with E-state index in [0.717, 1.165) is 102 Å². The van der Waals surface area contributed by atoms with Crippen LogP contribution in [0.2, 0.25) is 5.02 Å². The second kappa shape index (κ2) is 28.1. The molecule has 0 unspecified atom stereocenters. The fraction of sp³-hybridized carbons (Fsp3) is 0.0597. The molecule has 3 heterocycles. The molecular formula is C67H53BrClF4N9O7S3. The van der Waals surface area contributed by atoms with Gasteiger partial charge >= 0.3 is 6.61 Å². The minimum atomic E-state index is -3.41. The first-order valence-electron chi connectivity index (χ1n) is 27.5. The molecule has 0 saturated heterocycles. The van der Waals surface area contributed by atoms with Gasteiger partial charge in [-0.2, -0.15) is 8.78 Å². The lowest BCUT2D eigenvalue weighted by molar-refractivity contribution is -0.0498. The SMILES string of the molecule is CS(=O)(=O)Nc1ccccc1-c1ccc2nc(/C=C/c3ccc(F)c(Br)c3)[nH]c2c1.CS(=O)(=O)Nc1ccccc1-c1ccc2nc(/C=C/c3ccc(F)c(Cl)c3)[nH]c2c1.CS(=O)(=O)Nc1ccccc1-c1ccc2nc(/C=C/c3ccc(OC(F)F)cc3)[nH]c2c1. The summed E-state index contributed by atoms with van der Waals surface area (Å²) in [5, 5.41) is 0.0627. The molecule has 0 fully saturated rings. The van der Waals surface area contributed by atoms with Gasteiger partial charge in [-0.05, 0) is 159 Å². The monoisotopic (exact) mass is 1380 g/mol. The number of para-hydroxylation sites is 3. The van der Waals surface area contributed by atoms with Crippen LogP contribution in [-0.4, -0.2) is 80.5 Å². The van der Waals surface area contributed by atoms with Crippen LogP contribution in [0.3, 0.4) is 0 Å². The molecule has 0 atom stereocenters. The summed E-state index contributed by atoms with van der Waals surface area (Å²) in [6, 6.07) is 54.1. The fourth-order valence-electron chi connectivity index (χ4n) is 9.42. The number of aromatic nitrogens is 6. The van der Waals surface area contributed by atoms with Gasteiger partial charge < -0.3 is 19.7 Å². The van der Waals surface area contributed by atoms with E-state index < -0.39 is 42.5 Å². The number of alkyl halides is 2. The van der Waals surface area contributed by atoms with E-state index in [2.05, 4.69) is 64.7 Å². The van der Waals surface area contributed by atoms with Crippen molar-refractivity contribution in [1.82, 2.24) is 29.9 Å². The lowest BCUT2D eigenvalue weighted by atomic mass is 10.0. The molecule has 6 N–H and O–H groups in total. The van der Waals surface area contributed by atoms with Gasteiger partial charge in [0.2, 0.25) is 30.1 Å². The third-order valence-corrected chi connectivity index (χ3v) is 16.1. The van der Waals surface area contributed by atoms with Crippen LogP contribution in [0.1, 0.15) is 34.2 Å². The zero-order chi connectivity index (χ0) is 65.3. The summed E-state index contributed by atoms with van der Waals surface area (Å²) in [6.07, 6.45) is 14.2. The number of nitrogens with one attached hydrogen (secondary N) is 6. The number of sulfonamides is 3. The lowest BCUT2D eigenvalue weighted by Gasteiger charge is -2.10. The smallest absolute Gasteiger partial charge is 0.387 e. The zero-order valence-electron chi connectivity index (χ0n) is 48.6. The van der Waals surface area contributed by atoms with E-state index in [0.29, 0.717) is 39.0 Å². The third kappa shape index (κ3) is 17.8. The third-order valence-electron chi connectivity index (χ3n) is 13.4. The van der Waals surface area contributed by atoms with Gasteiger partial charge in [-0.3, -0.25) is 14.2 Å². The molecule has 0 spiro atoms. The minimum Gasteiger partial charge on any atom is -0.435 e. The van der Waals surface area contributed by atoms with Crippen LogP contribution in [0.25, 0.3) is 103 Å². The number of imidazole rings is 3. The molecule has 3 aromatic heterocycles. The van der Waals surface area contributed by atoms with E-state index in [1.54, 1.807) is 97.1 Å². The van der Waals surface area contributed by atoms with Gasteiger partial charge in [0.25, 0.3) is 0 Å². The molecule has 16 nitrogen and oxygen atoms in total. The number of hydrogen-bond acceptors (Lipinski definition) is 10. The van der Waals surface area contributed by atoms with Crippen molar-refractivity contribution in [2.45, 2.75) is 6.61 Å². The largest absolute Gasteiger partial charge is 0.435 e. The average molecular weight is 1380 g/mol. The van der Waals surface area contributed by atoms with Crippen LogP contribution >= 0.6 is 27.5 Å². The molecule has 25 heteroatoms. The Hall–Kier alpha value is -9.85. The Balaban J connectivity index is 0.000000151. The number of anilines is 3. The molecule has 92 heavy (non-hydrogen) atoms. The van der Waals surface area contributed by atoms with Crippen molar-refractivity contribution in [2.24, 2.45) is 0 Å². The number of fused-ring (bicyclic) bond motifs is 3. The van der Waals surface area contributed by atoms with Crippen molar-refractivity contribution < 1.29 is 47.6 Å². The Bertz CT molecular complexity index is 4950. The van der Waals surface area contributed by atoms with E-state index in [4.69, 9.17) is 11.6 Å². The second-order valence-corrected chi connectivity index (χ2v) is 27.1. The molecule has 12 aromatic rings. The van der Waals surface area contributed by atoms with Crippen molar-refractivity contribution in [2.75, 3.05) is 32.9 Å². The van der Waals surface area contributed by atoms with E-state index in [9.17, 15) is 42.8 Å². The zero-order valence-corrected chi connectivity index (χ0v) is 53.4. The van der Waals surface area contributed by atoms with E-state index in [1.165, 1.54) is 24.3 Å². The summed E-state index contributed by atoms with van der Waals surface area (Å²) in [5.74, 6) is 1.23. The highest BCUT2D eigenvalue weighted by Crippen LogP contribution is 2.34. The predicted molar refractivity (Wildman–Crippen MR) is 365 cm³/mol. The fourth-order valence-corrected chi connectivity index (χ4v) is 11.7. The Kier molecular flexibility index (Phi) is 19.9. The number of aromatic amines is 3. The van der Waals surface area contributed by atoms with Gasteiger partial charge in [-0.15, -0.1) is 0 Å². The van der Waals surface area contributed by atoms with Crippen molar-refractivity contribution in [3.8, 4) is 39.1 Å². The van der Waals surface area contributed by atoms with Crippen molar-refractivity contribution in [3.05, 3.63) is 243 Å². The number of benzene rings is 9. The Morgan fingerprint density at radius 3 is 1.15 bits per heavy atom. The number of hydrogen-bond donors (Lipinski definition) is 6. The average Bonchev–Trinajstić information content (AvgIpc) is 1.58. The summed E-state index contributed by atoms with van der Waals surface area (Å²) < 4.78 is 134. The molecule has 0 aliphatic rings. The standard InChI is InChI=1S/C23H19F2N3O3S.C22H17BrFN3O2S.C22H17ClFN3O2S/c1-32(29,30)28-19-5-3-2-4-18(19)16-9-12-20-21(14-16)27-22(26-20)13-8-15-6-10-17(11-7-15)31-23(24)25;2*1-30(28,29)27-19-5-3-2-4-16(19)15-8-10-20-21(13-15)26-22(25-20)11-7-14-6-9-18(24)17(23)12-14/h2-14,23,28H,1H3,(H,26,27);2*2-13,27H,1H3,(H,25,26)/b13-8+;2*11-7+. The molecular weight excluding hydrogens is 1330 g/mol. The summed E-state index contributed by atoms with van der Waals surface area (Å²) in [4.78, 5) is 23.3. The maximum absolute atomic E-state index is 13.4. The van der Waals surface area contributed by atoms with Crippen molar-refractivity contribution in [3.63, 3.8) is 0 Å².